The van der Waals surface area contributed by atoms with Crippen molar-refractivity contribution in [3.63, 3.8) is 0 Å². The average Bonchev–Trinajstić information content (AvgIpc) is 3.07. The maximum absolute atomic E-state index is 12.2. The molecule has 25 heavy (non-hydrogen) atoms. The second-order valence-corrected chi connectivity index (χ2v) is 9.38. The van der Waals surface area contributed by atoms with Crippen LogP contribution < -0.4 is 5.32 Å². The van der Waals surface area contributed by atoms with Crippen molar-refractivity contribution < 1.29 is 4.79 Å². The van der Waals surface area contributed by atoms with Gasteiger partial charge in [0.2, 0.25) is 5.91 Å². The number of carbonyl (C=O) groups excluding carboxylic acids is 1. The average molecular weight is 416 g/mol. The number of aromatic nitrogens is 2. The minimum atomic E-state index is -0.0000491. The first-order chi connectivity index (χ1) is 12.1. The predicted molar refractivity (Wildman–Crippen MR) is 109 cm³/mol. The highest BCUT2D eigenvalue weighted by Gasteiger charge is 2.14. The monoisotopic (exact) mass is 415 g/mol. The number of carbonyl (C=O) groups is 1. The molecule has 2 rings (SSSR count). The standard InChI is InChI=1S/C17H22ClN3OS3/c1-3-5-10-23-16-20-21-17(25-16)24-11-15(22)19-14(4-2)12-6-8-13(18)9-7-12/h6-9,14H,3-5,10-11H2,1-2H3,(H,19,22). The van der Waals surface area contributed by atoms with Gasteiger partial charge in [-0.25, -0.2) is 0 Å². The first-order valence-electron chi connectivity index (χ1n) is 8.26. The molecule has 4 nitrogen and oxygen atoms in total. The maximum atomic E-state index is 12.2. The summed E-state index contributed by atoms with van der Waals surface area (Å²) in [7, 11) is 0. The summed E-state index contributed by atoms with van der Waals surface area (Å²) in [6, 6.07) is 7.60. The van der Waals surface area contributed by atoms with Gasteiger partial charge in [0.25, 0.3) is 0 Å². The van der Waals surface area contributed by atoms with Crippen LogP contribution in [0.1, 0.15) is 44.7 Å². The lowest BCUT2D eigenvalue weighted by Gasteiger charge is -2.17. The lowest BCUT2D eigenvalue weighted by molar-refractivity contribution is -0.119. The van der Waals surface area contributed by atoms with E-state index >= 15 is 0 Å². The van der Waals surface area contributed by atoms with Gasteiger partial charge in [-0.2, -0.15) is 0 Å². The second kappa shape index (κ2) is 11.1. The molecule has 0 saturated carbocycles. The van der Waals surface area contributed by atoms with Crippen LogP contribution in [-0.4, -0.2) is 27.6 Å². The summed E-state index contributed by atoms with van der Waals surface area (Å²) in [5, 5.41) is 12.1. The molecule has 2 aromatic rings. The number of unbranched alkanes of at least 4 members (excludes halogenated alkanes) is 1. The molecular weight excluding hydrogens is 394 g/mol. The minimum Gasteiger partial charge on any atom is -0.349 e. The van der Waals surface area contributed by atoms with Crippen molar-refractivity contribution in [2.45, 2.75) is 47.8 Å². The predicted octanol–water partition coefficient (Wildman–Crippen LogP) is 5.44. The van der Waals surface area contributed by atoms with E-state index in [1.54, 1.807) is 23.1 Å². The third-order valence-corrected chi connectivity index (χ3v) is 6.98. The highest BCUT2D eigenvalue weighted by Crippen LogP contribution is 2.29. The second-order valence-electron chi connectivity index (χ2n) is 5.40. The van der Waals surface area contributed by atoms with Gasteiger partial charge in [-0.1, -0.05) is 78.9 Å². The van der Waals surface area contributed by atoms with Crippen LogP contribution in [0.5, 0.6) is 0 Å². The zero-order chi connectivity index (χ0) is 18.1. The lowest BCUT2D eigenvalue weighted by atomic mass is 10.0. The third-order valence-electron chi connectivity index (χ3n) is 3.45. The number of nitrogens with one attached hydrogen (secondary N) is 1. The van der Waals surface area contributed by atoms with Crippen LogP contribution in [0.2, 0.25) is 5.02 Å². The van der Waals surface area contributed by atoms with Crippen LogP contribution in [0, 0.1) is 0 Å². The number of hydrogen-bond donors (Lipinski definition) is 1. The van der Waals surface area contributed by atoms with E-state index in [9.17, 15) is 4.79 Å². The van der Waals surface area contributed by atoms with E-state index in [0.29, 0.717) is 10.8 Å². The number of thioether (sulfide) groups is 2. The zero-order valence-corrected chi connectivity index (χ0v) is 17.5. The summed E-state index contributed by atoms with van der Waals surface area (Å²) < 4.78 is 1.82. The van der Waals surface area contributed by atoms with E-state index in [0.717, 1.165) is 26.4 Å². The van der Waals surface area contributed by atoms with Gasteiger partial charge in [0.1, 0.15) is 0 Å². The van der Waals surface area contributed by atoms with Crippen LogP contribution in [-0.2, 0) is 4.79 Å². The van der Waals surface area contributed by atoms with Crippen molar-refractivity contribution in [3.8, 4) is 0 Å². The Morgan fingerprint density at radius 3 is 2.52 bits per heavy atom. The summed E-state index contributed by atoms with van der Waals surface area (Å²) >= 11 is 10.6. The van der Waals surface area contributed by atoms with Crippen LogP contribution in [0.15, 0.2) is 32.9 Å². The van der Waals surface area contributed by atoms with Crippen molar-refractivity contribution >= 4 is 52.4 Å². The smallest absolute Gasteiger partial charge is 0.230 e. The minimum absolute atomic E-state index is 0.0000491. The Bertz CT molecular complexity index is 663. The molecule has 0 saturated heterocycles. The van der Waals surface area contributed by atoms with Crippen molar-refractivity contribution in [1.82, 2.24) is 15.5 Å². The molecule has 0 fully saturated rings. The Balaban J connectivity index is 1.80. The lowest BCUT2D eigenvalue weighted by Crippen LogP contribution is -2.29. The summed E-state index contributed by atoms with van der Waals surface area (Å²) in [4.78, 5) is 12.2. The van der Waals surface area contributed by atoms with Crippen molar-refractivity contribution in [2.24, 2.45) is 0 Å². The highest BCUT2D eigenvalue weighted by atomic mass is 35.5. The molecule has 1 aromatic carbocycles. The van der Waals surface area contributed by atoms with Gasteiger partial charge in [0.15, 0.2) is 8.68 Å². The third kappa shape index (κ3) is 7.17. The van der Waals surface area contributed by atoms with Gasteiger partial charge >= 0.3 is 0 Å². The molecule has 0 aliphatic carbocycles. The topological polar surface area (TPSA) is 54.9 Å². The van der Waals surface area contributed by atoms with Gasteiger partial charge < -0.3 is 5.32 Å². The summed E-state index contributed by atoms with van der Waals surface area (Å²) in [6.07, 6.45) is 3.19. The van der Waals surface area contributed by atoms with Crippen LogP contribution in [0.3, 0.4) is 0 Å². The van der Waals surface area contributed by atoms with Crippen LogP contribution in [0.25, 0.3) is 0 Å². The fourth-order valence-electron chi connectivity index (χ4n) is 2.10. The molecule has 136 valence electrons. The van der Waals surface area contributed by atoms with E-state index in [2.05, 4.69) is 29.4 Å². The van der Waals surface area contributed by atoms with Gasteiger partial charge in [0, 0.05) is 10.8 Å². The van der Waals surface area contributed by atoms with Gasteiger partial charge in [-0.3, -0.25) is 4.79 Å². The van der Waals surface area contributed by atoms with Crippen LogP contribution >= 0.6 is 46.5 Å². The molecule has 0 aliphatic heterocycles. The molecular formula is C17H22ClN3OS3. The molecule has 1 heterocycles. The molecule has 0 aliphatic rings. The molecule has 1 amide bonds. The van der Waals surface area contributed by atoms with E-state index in [1.807, 2.05) is 24.3 Å². The molecule has 0 spiro atoms. The quantitative estimate of drug-likeness (QED) is 0.413. The largest absolute Gasteiger partial charge is 0.349 e. The summed E-state index contributed by atoms with van der Waals surface area (Å²) in [5.41, 5.74) is 1.07. The van der Waals surface area contributed by atoms with Gasteiger partial charge in [-0.05, 0) is 30.5 Å². The Hall–Kier alpha value is -0.760. The van der Waals surface area contributed by atoms with E-state index in [-0.39, 0.29) is 11.9 Å². The van der Waals surface area contributed by atoms with Crippen LogP contribution in [0.4, 0.5) is 0 Å². The Morgan fingerprint density at radius 2 is 1.88 bits per heavy atom. The van der Waals surface area contributed by atoms with E-state index < -0.39 is 0 Å². The van der Waals surface area contributed by atoms with Crippen molar-refractivity contribution in [2.75, 3.05) is 11.5 Å². The molecule has 1 N–H and O–H groups in total. The zero-order valence-electron chi connectivity index (χ0n) is 14.3. The normalized spacial score (nSPS) is 12.1. The fraction of sp³-hybridized carbons (Fsp3) is 0.471. The number of nitrogens with zero attached hydrogens (tertiary/aromatic N) is 2. The number of halogens is 1. The summed E-state index contributed by atoms with van der Waals surface area (Å²) in [6.45, 7) is 4.23. The van der Waals surface area contributed by atoms with Gasteiger partial charge in [0.05, 0.1) is 11.8 Å². The molecule has 8 heteroatoms. The maximum Gasteiger partial charge on any atom is 0.230 e. The summed E-state index contributed by atoms with van der Waals surface area (Å²) in [5.74, 6) is 1.41. The molecule has 1 aromatic heterocycles. The van der Waals surface area contributed by atoms with E-state index in [1.165, 1.54) is 24.6 Å². The van der Waals surface area contributed by atoms with Gasteiger partial charge in [-0.15, -0.1) is 10.2 Å². The Labute approximate surface area is 166 Å². The Kier molecular flexibility index (Phi) is 9.09. The first kappa shape index (κ1) is 20.6. The highest BCUT2D eigenvalue weighted by molar-refractivity contribution is 8.03. The fourth-order valence-corrected chi connectivity index (χ4v) is 5.21. The molecule has 1 atom stereocenters. The molecule has 1 unspecified atom stereocenters. The number of rotatable bonds is 10. The van der Waals surface area contributed by atoms with Crippen molar-refractivity contribution in [1.29, 1.82) is 0 Å². The van der Waals surface area contributed by atoms with E-state index in [4.69, 9.17) is 11.6 Å². The Morgan fingerprint density at radius 1 is 1.20 bits per heavy atom. The number of benzene rings is 1. The van der Waals surface area contributed by atoms with Crippen molar-refractivity contribution in [3.05, 3.63) is 34.9 Å². The first-order valence-corrected chi connectivity index (χ1v) is 11.4. The molecule has 0 bridgehead atoms. The number of amides is 1. The SMILES string of the molecule is CCCCSc1nnc(SCC(=O)NC(CC)c2ccc(Cl)cc2)s1. The number of hydrogen-bond acceptors (Lipinski definition) is 6. The molecule has 0 radical (unpaired) electrons.